The smallest absolute Gasteiger partial charge is 0.234 e. The van der Waals surface area contributed by atoms with Gasteiger partial charge in [0.25, 0.3) is 0 Å². The average molecular weight is 188 g/mol. The zero-order valence-corrected chi connectivity index (χ0v) is 8.83. The number of ether oxygens (including phenoxy) is 1. The summed E-state index contributed by atoms with van der Waals surface area (Å²) in [4.78, 5) is 10.7. The van der Waals surface area contributed by atoms with Crippen LogP contribution in [0.15, 0.2) is 0 Å². The molecule has 1 amide bonds. The van der Waals surface area contributed by atoms with E-state index in [2.05, 4.69) is 0 Å². The van der Waals surface area contributed by atoms with Crippen molar-refractivity contribution in [2.24, 2.45) is 11.5 Å². The maximum Gasteiger partial charge on any atom is 0.234 e. The number of primary amides is 1. The highest BCUT2D eigenvalue weighted by atomic mass is 16.5. The summed E-state index contributed by atoms with van der Waals surface area (Å²) < 4.78 is 5.57. The van der Waals surface area contributed by atoms with Gasteiger partial charge in [-0.15, -0.1) is 0 Å². The van der Waals surface area contributed by atoms with E-state index < -0.39 is 17.6 Å². The van der Waals surface area contributed by atoms with Crippen molar-refractivity contribution in [1.82, 2.24) is 0 Å². The van der Waals surface area contributed by atoms with Gasteiger partial charge in [0.15, 0.2) is 0 Å². The highest BCUT2D eigenvalue weighted by Gasteiger charge is 2.25. The van der Waals surface area contributed by atoms with E-state index >= 15 is 0 Å². The van der Waals surface area contributed by atoms with Crippen LogP contribution in [0.1, 0.15) is 34.1 Å². The standard InChI is InChI=1S/C9H20N2O2/c1-6(2)13-9(3,4)5-7(10)8(11)12/h6-7H,5,10H2,1-4H3,(H2,11,12). The molecule has 0 heterocycles. The summed E-state index contributed by atoms with van der Waals surface area (Å²) in [5.74, 6) is -0.486. The third-order valence-electron chi connectivity index (χ3n) is 1.63. The molecule has 0 saturated carbocycles. The minimum absolute atomic E-state index is 0.120. The normalized spacial score (nSPS) is 14.6. The van der Waals surface area contributed by atoms with Crippen molar-refractivity contribution < 1.29 is 9.53 Å². The topological polar surface area (TPSA) is 78.3 Å². The summed E-state index contributed by atoms with van der Waals surface area (Å²) in [6, 6.07) is -0.631. The summed E-state index contributed by atoms with van der Waals surface area (Å²) in [6.07, 6.45) is 0.565. The van der Waals surface area contributed by atoms with Gasteiger partial charge in [-0.2, -0.15) is 0 Å². The molecule has 4 heteroatoms. The van der Waals surface area contributed by atoms with Crippen LogP contribution in [0.25, 0.3) is 0 Å². The molecule has 1 atom stereocenters. The predicted molar refractivity (Wildman–Crippen MR) is 52.1 cm³/mol. The molecule has 0 aliphatic carbocycles. The quantitative estimate of drug-likeness (QED) is 0.655. The van der Waals surface area contributed by atoms with E-state index in [-0.39, 0.29) is 6.10 Å². The summed E-state index contributed by atoms with van der Waals surface area (Å²) in [6.45, 7) is 7.68. The van der Waals surface area contributed by atoms with Crippen molar-refractivity contribution in [3.63, 3.8) is 0 Å². The van der Waals surface area contributed by atoms with Gasteiger partial charge >= 0.3 is 0 Å². The first kappa shape index (κ1) is 12.4. The lowest BCUT2D eigenvalue weighted by molar-refractivity contribution is -0.122. The molecule has 0 radical (unpaired) electrons. The van der Waals surface area contributed by atoms with Crippen LogP contribution in [0.2, 0.25) is 0 Å². The Bertz CT molecular complexity index is 178. The van der Waals surface area contributed by atoms with Crippen molar-refractivity contribution in [2.75, 3.05) is 0 Å². The number of rotatable bonds is 5. The van der Waals surface area contributed by atoms with E-state index in [1.165, 1.54) is 0 Å². The Morgan fingerprint density at radius 3 is 2.23 bits per heavy atom. The van der Waals surface area contributed by atoms with E-state index in [0.717, 1.165) is 0 Å². The lowest BCUT2D eigenvalue weighted by Gasteiger charge is -2.29. The maximum atomic E-state index is 10.7. The molecule has 4 N–H and O–H groups in total. The van der Waals surface area contributed by atoms with Crippen molar-refractivity contribution in [1.29, 1.82) is 0 Å². The number of nitrogens with two attached hydrogens (primary N) is 2. The molecule has 0 bridgehead atoms. The Morgan fingerprint density at radius 1 is 1.46 bits per heavy atom. The van der Waals surface area contributed by atoms with Crippen LogP contribution in [-0.4, -0.2) is 23.7 Å². The van der Waals surface area contributed by atoms with Gasteiger partial charge in [0.2, 0.25) is 5.91 Å². The number of hydrogen-bond donors (Lipinski definition) is 2. The molecule has 0 spiro atoms. The summed E-state index contributed by atoms with van der Waals surface area (Å²) >= 11 is 0. The molecule has 1 unspecified atom stereocenters. The van der Waals surface area contributed by atoms with Crippen LogP contribution in [0, 0.1) is 0 Å². The second-order valence-electron chi connectivity index (χ2n) is 4.14. The summed E-state index contributed by atoms with van der Waals surface area (Å²) in [7, 11) is 0. The van der Waals surface area contributed by atoms with Gasteiger partial charge in [0, 0.05) is 0 Å². The van der Waals surface area contributed by atoms with Gasteiger partial charge in [-0.3, -0.25) is 4.79 Å². The number of carbonyl (C=O) groups is 1. The molecule has 0 rings (SSSR count). The van der Waals surface area contributed by atoms with Crippen LogP contribution < -0.4 is 11.5 Å². The monoisotopic (exact) mass is 188 g/mol. The van der Waals surface area contributed by atoms with Gasteiger partial charge < -0.3 is 16.2 Å². The Balaban J connectivity index is 4.08. The zero-order chi connectivity index (χ0) is 10.6. The van der Waals surface area contributed by atoms with Crippen LogP contribution in [0.5, 0.6) is 0 Å². The molecule has 4 nitrogen and oxygen atoms in total. The Labute approximate surface area is 79.6 Å². The van der Waals surface area contributed by atoms with Crippen LogP contribution in [0.4, 0.5) is 0 Å². The van der Waals surface area contributed by atoms with Crippen LogP contribution >= 0.6 is 0 Å². The van der Waals surface area contributed by atoms with Crippen LogP contribution in [-0.2, 0) is 9.53 Å². The van der Waals surface area contributed by atoms with Gasteiger partial charge in [0.05, 0.1) is 17.7 Å². The van der Waals surface area contributed by atoms with E-state index in [0.29, 0.717) is 6.42 Å². The first-order chi connectivity index (χ1) is 5.74. The SMILES string of the molecule is CC(C)OC(C)(C)CC(N)C(N)=O. The van der Waals surface area contributed by atoms with E-state index in [4.69, 9.17) is 16.2 Å². The first-order valence-corrected chi connectivity index (χ1v) is 4.47. The molecular weight excluding hydrogens is 168 g/mol. The number of hydrogen-bond acceptors (Lipinski definition) is 3. The second-order valence-corrected chi connectivity index (χ2v) is 4.14. The molecule has 0 aromatic rings. The lowest BCUT2D eigenvalue weighted by atomic mass is 9.98. The highest BCUT2D eigenvalue weighted by Crippen LogP contribution is 2.18. The molecule has 0 aliphatic heterocycles. The molecule has 0 aliphatic rings. The third kappa shape index (κ3) is 5.60. The fourth-order valence-corrected chi connectivity index (χ4v) is 1.32. The van der Waals surface area contributed by atoms with E-state index in [1.54, 1.807) is 0 Å². The van der Waals surface area contributed by atoms with Crippen molar-refractivity contribution in [3.05, 3.63) is 0 Å². The fourth-order valence-electron chi connectivity index (χ4n) is 1.32. The van der Waals surface area contributed by atoms with Gasteiger partial charge in [0.1, 0.15) is 0 Å². The predicted octanol–water partition coefficient (Wildman–Crippen LogP) is 0.393. The molecule has 0 fully saturated rings. The summed E-state index contributed by atoms with van der Waals surface area (Å²) in [5, 5.41) is 0. The zero-order valence-electron chi connectivity index (χ0n) is 8.83. The van der Waals surface area contributed by atoms with Gasteiger partial charge in [-0.25, -0.2) is 0 Å². The molecule has 13 heavy (non-hydrogen) atoms. The minimum Gasteiger partial charge on any atom is -0.373 e. The van der Waals surface area contributed by atoms with E-state index in [9.17, 15) is 4.79 Å². The van der Waals surface area contributed by atoms with Gasteiger partial charge in [-0.05, 0) is 34.1 Å². The Morgan fingerprint density at radius 2 is 1.92 bits per heavy atom. The minimum atomic E-state index is -0.631. The first-order valence-electron chi connectivity index (χ1n) is 4.47. The Kier molecular flexibility index (Phi) is 4.36. The lowest BCUT2D eigenvalue weighted by Crippen LogP contribution is -2.43. The fraction of sp³-hybridized carbons (Fsp3) is 0.889. The average Bonchev–Trinajstić information content (AvgIpc) is 1.81. The van der Waals surface area contributed by atoms with E-state index in [1.807, 2.05) is 27.7 Å². The number of carbonyl (C=O) groups excluding carboxylic acids is 1. The van der Waals surface area contributed by atoms with Gasteiger partial charge in [-0.1, -0.05) is 0 Å². The van der Waals surface area contributed by atoms with Crippen molar-refractivity contribution in [3.8, 4) is 0 Å². The molecule has 78 valence electrons. The molecule has 0 aromatic carbocycles. The largest absolute Gasteiger partial charge is 0.373 e. The van der Waals surface area contributed by atoms with Crippen molar-refractivity contribution >= 4 is 5.91 Å². The van der Waals surface area contributed by atoms with Crippen LogP contribution in [0.3, 0.4) is 0 Å². The maximum absolute atomic E-state index is 10.7. The number of amides is 1. The summed E-state index contributed by atoms with van der Waals surface area (Å²) in [5.41, 5.74) is 10.2. The highest BCUT2D eigenvalue weighted by molar-refractivity contribution is 5.79. The molecule has 0 aromatic heterocycles. The molecular formula is C9H20N2O2. The van der Waals surface area contributed by atoms with Crippen molar-refractivity contribution in [2.45, 2.75) is 51.9 Å². The molecule has 0 saturated heterocycles. The second kappa shape index (κ2) is 4.58. The third-order valence-corrected chi connectivity index (χ3v) is 1.63. The Hall–Kier alpha value is -0.610.